The van der Waals surface area contributed by atoms with E-state index in [1.807, 2.05) is 4.90 Å². The fraction of sp³-hybridized carbons (Fsp3) is 0.833. The molecule has 3 heterocycles. The second-order valence-corrected chi connectivity index (χ2v) is 7.97. The lowest BCUT2D eigenvalue weighted by Crippen LogP contribution is -2.54. The number of ether oxygens (including phenoxy) is 2. The van der Waals surface area contributed by atoms with Crippen LogP contribution in [-0.2, 0) is 16.0 Å². The minimum Gasteiger partial charge on any atom is -0.380 e. The van der Waals surface area contributed by atoms with Gasteiger partial charge in [0.05, 0.1) is 44.7 Å². The predicted octanol–water partition coefficient (Wildman–Crippen LogP) is 1.88. The molecule has 1 aromatic heterocycles. The van der Waals surface area contributed by atoms with E-state index in [2.05, 4.69) is 17.2 Å². The summed E-state index contributed by atoms with van der Waals surface area (Å²) in [5, 5.41) is 8.33. The highest BCUT2D eigenvalue weighted by Gasteiger charge is 2.40. The van der Waals surface area contributed by atoms with Crippen molar-refractivity contribution in [3.8, 4) is 0 Å². The van der Waals surface area contributed by atoms with E-state index in [4.69, 9.17) is 9.47 Å². The topological polar surface area (TPSA) is 69.5 Å². The molecule has 1 aromatic rings. The van der Waals surface area contributed by atoms with Crippen LogP contribution >= 0.6 is 0 Å². The molecular weight excluding hydrogens is 320 g/mol. The van der Waals surface area contributed by atoms with Crippen molar-refractivity contribution in [3.05, 3.63) is 11.9 Å². The van der Waals surface area contributed by atoms with Crippen LogP contribution < -0.4 is 0 Å². The second-order valence-electron chi connectivity index (χ2n) is 7.97. The molecular formula is C18H28N4O3. The lowest BCUT2D eigenvalue weighted by molar-refractivity contribution is -0.125. The summed E-state index contributed by atoms with van der Waals surface area (Å²) >= 11 is 0. The SMILES string of the molecule is CCC1(Cn2cc(C(=O)N3CCOC4(CCCCC4)C3)nn2)COC1. The van der Waals surface area contributed by atoms with Crippen LogP contribution in [0.25, 0.3) is 0 Å². The number of nitrogens with zero attached hydrogens (tertiary/aromatic N) is 4. The molecule has 2 saturated heterocycles. The number of carbonyl (C=O) groups excluding carboxylic acids is 1. The Hall–Kier alpha value is -1.47. The molecule has 1 spiro atoms. The van der Waals surface area contributed by atoms with E-state index in [9.17, 15) is 4.79 Å². The Balaban J connectivity index is 1.42. The Morgan fingerprint density at radius 1 is 1.28 bits per heavy atom. The minimum absolute atomic E-state index is 0.0186. The monoisotopic (exact) mass is 348 g/mol. The zero-order valence-electron chi connectivity index (χ0n) is 15.1. The minimum atomic E-state index is -0.127. The summed E-state index contributed by atoms with van der Waals surface area (Å²) in [5.41, 5.74) is 0.468. The molecule has 4 rings (SSSR count). The lowest BCUT2D eigenvalue weighted by Gasteiger charge is -2.44. The van der Waals surface area contributed by atoms with Gasteiger partial charge < -0.3 is 14.4 Å². The van der Waals surface area contributed by atoms with E-state index in [0.717, 1.165) is 39.0 Å². The van der Waals surface area contributed by atoms with E-state index < -0.39 is 0 Å². The molecule has 0 unspecified atom stereocenters. The first-order valence-corrected chi connectivity index (χ1v) is 9.55. The average molecular weight is 348 g/mol. The first kappa shape index (κ1) is 17.0. The number of hydrogen-bond acceptors (Lipinski definition) is 5. The fourth-order valence-corrected chi connectivity index (χ4v) is 4.29. The Morgan fingerprint density at radius 3 is 2.76 bits per heavy atom. The van der Waals surface area contributed by atoms with Crippen LogP contribution in [-0.4, -0.2) is 64.3 Å². The van der Waals surface area contributed by atoms with Crippen molar-refractivity contribution in [2.24, 2.45) is 5.41 Å². The highest BCUT2D eigenvalue weighted by molar-refractivity contribution is 5.92. The third-order valence-corrected chi connectivity index (χ3v) is 6.12. The number of rotatable bonds is 4. The van der Waals surface area contributed by atoms with Gasteiger partial charge >= 0.3 is 0 Å². The Kier molecular flexibility index (Phi) is 4.54. The number of morpholine rings is 1. The summed E-state index contributed by atoms with van der Waals surface area (Å²) in [4.78, 5) is 14.8. The van der Waals surface area contributed by atoms with Crippen molar-refractivity contribution in [1.29, 1.82) is 0 Å². The third kappa shape index (κ3) is 3.31. The van der Waals surface area contributed by atoms with Gasteiger partial charge in [-0.3, -0.25) is 9.48 Å². The fourth-order valence-electron chi connectivity index (χ4n) is 4.29. The van der Waals surface area contributed by atoms with Crippen LogP contribution in [0.5, 0.6) is 0 Å². The molecule has 1 amide bonds. The van der Waals surface area contributed by atoms with Crippen LogP contribution in [0.1, 0.15) is 55.9 Å². The van der Waals surface area contributed by atoms with Gasteiger partial charge in [-0.05, 0) is 19.3 Å². The van der Waals surface area contributed by atoms with E-state index in [1.165, 1.54) is 19.3 Å². The molecule has 0 bridgehead atoms. The highest BCUT2D eigenvalue weighted by Crippen LogP contribution is 2.35. The van der Waals surface area contributed by atoms with Gasteiger partial charge in [-0.15, -0.1) is 5.10 Å². The van der Waals surface area contributed by atoms with Crippen LogP contribution in [0.15, 0.2) is 6.20 Å². The van der Waals surface area contributed by atoms with Gasteiger partial charge in [0.15, 0.2) is 5.69 Å². The standard InChI is InChI=1S/C18H28N4O3/c1-2-17(13-24-14-17)11-22-10-15(19-20-22)16(23)21-8-9-25-18(12-21)6-4-3-5-7-18/h10H,2-9,11-14H2,1H3. The van der Waals surface area contributed by atoms with Gasteiger partial charge in [0, 0.05) is 12.0 Å². The Bertz CT molecular complexity index is 609. The summed E-state index contributed by atoms with van der Waals surface area (Å²) in [6, 6.07) is 0. The Morgan fingerprint density at radius 2 is 2.08 bits per heavy atom. The van der Waals surface area contributed by atoms with Crippen molar-refractivity contribution in [1.82, 2.24) is 19.9 Å². The summed E-state index contributed by atoms with van der Waals surface area (Å²) in [5.74, 6) is -0.0186. The molecule has 1 aliphatic carbocycles. The van der Waals surface area contributed by atoms with Crippen LogP contribution in [0, 0.1) is 5.41 Å². The predicted molar refractivity (Wildman–Crippen MR) is 91.2 cm³/mol. The van der Waals surface area contributed by atoms with Gasteiger partial charge in [-0.2, -0.15) is 0 Å². The van der Waals surface area contributed by atoms with Crippen LogP contribution in [0.2, 0.25) is 0 Å². The van der Waals surface area contributed by atoms with Gasteiger partial charge in [0.2, 0.25) is 0 Å². The molecule has 1 saturated carbocycles. The quantitative estimate of drug-likeness (QED) is 0.831. The summed E-state index contributed by atoms with van der Waals surface area (Å²) in [6.45, 7) is 6.40. The zero-order chi connectivity index (χ0) is 17.3. The molecule has 3 fully saturated rings. The van der Waals surface area contributed by atoms with Gasteiger partial charge in [0.25, 0.3) is 5.91 Å². The first-order chi connectivity index (χ1) is 12.1. The largest absolute Gasteiger partial charge is 0.380 e. The molecule has 25 heavy (non-hydrogen) atoms. The van der Waals surface area contributed by atoms with E-state index in [-0.39, 0.29) is 16.9 Å². The van der Waals surface area contributed by atoms with Gasteiger partial charge in [-0.25, -0.2) is 0 Å². The molecule has 0 radical (unpaired) electrons. The maximum atomic E-state index is 12.9. The number of hydrogen-bond donors (Lipinski definition) is 0. The maximum Gasteiger partial charge on any atom is 0.276 e. The van der Waals surface area contributed by atoms with E-state index in [1.54, 1.807) is 10.9 Å². The molecule has 7 nitrogen and oxygen atoms in total. The molecule has 0 aromatic carbocycles. The van der Waals surface area contributed by atoms with E-state index >= 15 is 0 Å². The van der Waals surface area contributed by atoms with Crippen LogP contribution in [0.4, 0.5) is 0 Å². The summed E-state index contributed by atoms with van der Waals surface area (Å²) in [7, 11) is 0. The number of aromatic nitrogens is 3. The lowest BCUT2D eigenvalue weighted by atomic mass is 9.83. The third-order valence-electron chi connectivity index (χ3n) is 6.12. The van der Waals surface area contributed by atoms with Crippen molar-refractivity contribution >= 4 is 5.91 Å². The normalized spacial score (nSPS) is 24.9. The van der Waals surface area contributed by atoms with Crippen molar-refractivity contribution < 1.29 is 14.3 Å². The molecule has 2 aliphatic heterocycles. The number of amides is 1. The molecule has 0 atom stereocenters. The molecule has 0 N–H and O–H groups in total. The summed E-state index contributed by atoms with van der Waals surface area (Å²) < 4.78 is 13.2. The average Bonchev–Trinajstić information content (AvgIpc) is 3.07. The summed E-state index contributed by atoms with van der Waals surface area (Å²) in [6.07, 6.45) is 8.61. The first-order valence-electron chi connectivity index (χ1n) is 9.55. The van der Waals surface area contributed by atoms with Crippen molar-refractivity contribution in [3.63, 3.8) is 0 Å². The molecule has 3 aliphatic rings. The van der Waals surface area contributed by atoms with Gasteiger partial charge in [0.1, 0.15) is 0 Å². The van der Waals surface area contributed by atoms with E-state index in [0.29, 0.717) is 25.4 Å². The maximum absolute atomic E-state index is 12.9. The van der Waals surface area contributed by atoms with Gasteiger partial charge in [-0.1, -0.05) is 31.4 Å². The number of carbonyl (C=O) groups is 1. The second kappa shape index (κ2) is 6.68. The van der Waals surface area contributed by atoms with Crippen molar-refractivity contribution in [2.45, 2.75) is 57.6 Å². The smallest absolute Gasteiger partial charge is 0.276 e. The zero-order valence-corrected chi connectivity index (χ0v) is 15.1. The molecule has 138 valence electrons. The molecule has 7 heteroatoms. The van der Waals surface area contributed by atoms with Crippen LogP contribution in [0.3, 0.4) is 0 Å². The van der Waals surface area contributed by atoms with Crippen molar-refractivity contribution in [2.75, 3.05) is 32.9 Å². The highest BCUT2D eigenvalue weighted by atomic mass is 16.5. The Labute approximate surface area is 148 Å².